The van der Waals surface area contributed by atoms with E-state index < -0.39 is 0 Å². The standard InChI is InChI=1S/C16H27NO4/c1-3-15(18)17-10-5-4-9-14(17)16(19)21-13-8-6-7-12(11-13)20-2/h12-14H,3-11H2,1-2H3/t12-,13-,14-/m1/s1. The predicted molar refractivity (Wildman–Crippen MR) is 78.8 cm³/mol. The molecular weight excluding hydrogens is 270 g/mol. The molecule has 2 fully saturated rings. The summed E-state index contributed by atoms with van der Waals surface area (Å²) in [6.07, 6.45) is 7.00. The van der Waals surface area contributed by atoms with Crippen LogP contribution in [-0.4, -0.2) is 48.7 Å². The van der Waals surface area contributed by atoms with E-state index in [1.165, 1.54) is 0 Å². The highest BCUT2D eigenvalue weighted by Crippen LogP contribution is 2.25. The molecule has 1 amide bonds. The van der Waals surface area contributed by atoms with Crippen molar-refractivity contribution in [2.75, 3.05) is 13.7 Å². The van der Waals surface area contributed by atoms with Crippen molar-refractivity contribution in [3.8, 4) is 0 Å². The predicted octanol–water partition coefficient (Wildman–Crippen LogP) is 2.28. The summed E-state index contributed by atoms with van der Waals surface area (Å²) in [4.78, 5) is 26.1. The molecule has 1 heterocycles. The summed E-state index contributed by atoms with van der Waals surface area (Å²) in [6, 6.07) is -0.380. The van der Waals surface area contributed by atoms with Crippen LogP contribution in [-0.2, 0) is 19.1 Å². The third-order valence-corrected chi connectivity index (χ3v) is 4.59. The van der Waals surface area contributed by atoms with Crippen molar-refractivity contribution < 1.29 is 19.1 Å². The molecule has 0 aromatic rings. The number of hydrogen-bond acceptors (Lipinski definition) is 4. The molecule has 5 nitrogen and oxygen atoms in total. The Kier molecular flexibility index (Phi) is 6.03. The number of carbonyl (C=O) groups is 2. The molecule has 5 heteroatoms. The molecule has 0 aromatic carbocycles. The number of rotatable bonds is 4. The van der Waals surface area contributed by atoms with Gasteiger partial charge in [-0.25, -0.2) is 4.79 Å². The number of carbonyl (C=O) groups excluding carboxylic acids is 2. The molecule has 3 atom stereocenters. The molecule has 2 rings (SSSR count). The summed E-state index contributed by atoms with van der Waals surface area (Å²) in [6.45, 7) is 2.52. The van der Waals surface area contributed by atoms with Gasteiger partial charge in [0, 0.05) is 26.5 Å². The Morgan fingerprint density at radius 3 is 2.57 bits per heavy atom. The molecular formula is C16H27NO4. The molecule has 120 valence electrons. The first-order valence-electron chi connectivity index (χ1n) is 8.18. The van der Waals surface area contributed by atoms with E-state index >= 15 is 0 Å². The van der Waals surface area contributed by atoms with E-state index in [2.05, 4.69) is 0 Å². The van der Waals surface area contributed by atoms with Crippen LogP contribution in [0.15, 0.2) is 0 Å². The fourth-order valence-corrected chi connectivity index (χ4v) is 3.34. The van der Waals surface area contributed by atoms with E-state index in [0.717, 1.165) is 44.9 Å². The summed E-state index contributed by atoms with van der Waals surface area (Å²) in [5.74, 6) is -0.173. The van der Waals surface area contributed by atoms with Gasteiger partial charge >= 0.3 is 5.97 Å². The fraction of sp³-hybridized carbons (Fsp3) is 0.875. The number of hydrogen-bond donors (Lipinski definition) is 0. The monoisotopic (exact) mass is 297 g/mol. The fourth-order valence-electron chi connectivity index (χ4n) is 3.34. The minimum Gasteiger partial charge on any atom is -0.461 e. The van der Waals surface area contributed by atoms with E-state index in [9.17, 15) is 9.59 Å². The van der Waals surface area contributed by atoms with Gasteiger partial charge < -0.3 is 14.4 Å². The van der Waals surface area contributed by atoms with Gasteiger partial charge in [-0.05, 0) is 38.5 Å². The van der Waals surface area contributed by atoms with Crippen LogP contribution in [0.3, 0.4) is 0 Å². The lowest BCUT2D eigenvalue weighted by atomic mass is 9.94. The average molecular weight is 297 g/mol. The second-order valence-corrected chi connectivity index (χ2v) is 6.04. The van der Waals surface area contributed by atoms with Gasteiger partial charge in [0.1, 0.15) is 12.1 Å². The second kappa shape index (κ2) is 7.78. The van der Waals surface area contributed by atoms with Crippen molar-refractivity contribution in [2.45, 2.75) is 76.5 Å². The van der Waals surface area contributed by atoms with E-state index in [1.54, 1.807) is 12.0 Å². The average Bonchev–Trinajstić information content (AvgIpc) is 2.54. The highest BCUT2D eigenvalue weighted by atomic mass is 16.5. The number of piperidine rings is 1. The highest BCUT2D eigenvalue weighted by molar-refractivity contribution is 5.84. The minimum atomic E-state index is -0.380. The number of likely N-dealkylation sites (tertiary alicyclic amines) is 1. The zero-order chi connectivity index (χ0) is 15.2. The van der Waals surface area contributed by atoms with Crippen LogP contribution in [0.5, 0.6) is 0 Å². The molecule has 0 bridgehead atoms. The van der Waals surface area contributed by atoms with Crippen molar-refractivity contribution in [1.29, 1.82) is 0 Å². The Morgan fingerprint density at radius 1 is 1.10 bits per heavy atom. The molecule has 21 heavy (non-hydrogen) atoms. The summed E-state index contributed by atoms with van der Waals surface area (Å²) in [5.41, 5.74) is 0. The normalized spacial score (nSPS) is 30.0. The first kappa shape index (κ1) is 16.3. The van der Waals surface area contributed by atoms with Crippen molar-refractivity contribution in [3.63, 3.8) is 0 Å². The molecule has 2 aliphatic rings. The van der Waals surface area contributed by atoms with Crippen molar-refractivity contribution in [1.82, 2.24) is 4.90 Å². The van der Waals surface area contributed by atoms with Crippen LogP contribution >= 0.6 is 0 Å². The Morgan fingerprint density at radius 2 is 1.86 bits per heavy atom. The smallest absolute Gasteiger partial charge is 0.329 e. The maximum Gasteiger partial charge on any atom is 0.329 e. The van der Waals surface area contributed by atoms with Crippen LogP contribution in [0, 0.1) is 0 Å². The molecule has 1 aliphatic carbocycles. The molecule has 0 spiro atoms. The van der Waals surface area contributed by atoms with Crippen LogP contribution in [0.2, 0.25) is 0 Å². The summed E-state index contributed by atoms with van der Waals surface area (Å²) in [7, 11) is 1.71. The Labute approximate surface area is 127 Å². The zero-order valence-corrected chi connectivity index (χ0v) is 13.2. The summed E-state index contributed by atoms with van der Waals surface area (Å²) in [5, 5.41) is 0. The topological polar surface area (TPSA) is 55.8 Å². The number of ether oxygens (including phenoxy) is 2. The van der Waals surface area contributed by atoms with Crippen molar-refractivity contribution in [2.24, 2.45) is 0 Å². The van der Waals surface area contributed by atoms with Gasteiger partial charge in [0.2, 0.25) is 5.91 Å². The van der Waals surface area contributed by atoms with Gasteiger partial charge in [0.15, 0.2) is 0 Å². The molecule has 0 aromatic heterocycles. The Bertz CT molecular complexity index is 371. The van der Waals surface area contributed by atoms with Gasteiger partial charge in [-0.1, -0.05) is 6.92 Å². The first-order valence-corrected chi connectivity index (χ1v) is 8.18. The maximum atomic E-state index is 12.4. The van der Waals surface area contributed by atoms with Gasteiger partial charge in [-0.3, -0.25) is 4.79 Å². The van der Waals surface area contributed by atoms with Gasteiger partial charge in [0.25, 0.3) is 0 Å². The first-order chi connectivity index (χ1) is 10.2. The second-order valence-electron chi connectivity index (χ2n) is 6.04. The van der Waals surface area contributed by atoms with Crippen LogP contribution in [0.4, 0.5) is 0 Å². The molecule has 1 saturated heterocycles. The molecule has 0 unspecified atom stereocenters. The van der Waals surface area contributed by atoms with Crippen LogP contribution in [0.25, 0.3) is 0 Å². The lowest BCUT2D eigenvalue weighted by Gasteiger charge is -2.36. The van der Waals surface area contributed by atoms with E-state index in [-0.39, 0.29) is 30.1 Å². The maximum absolute atomic E-state index is 12.4. The number of methoxy groups -OCH3 is 1. The molecule has 1 aliphatic heterocycles. The van der Waals surface area contributed by atoms with Crippen molar-refractivity contribution >= 4 is 11.9 Å². The third kappa shape index (κ3) is 4.19. The molecule has 0 N–H and O–H groups in total. The van der Waals surface area contributed by atoms with Gasteiger partial charge in [-0.15, -0.1) is 0 Å². The highest BCUT2D eigenvalue weighted by Gasteiger charge is 2.34. The summed E-state index contributed by atoms with van der Waals surface area (Å²) < 4.78 is 11.0. The third-order valence-electron chi connectivity index (χ3n) is 4.59. The Hall–Kier alpha value is -1.10. The van der Waals surface area contributed by atoms with Crippen LogP contribution < -0.4 is 0 Å². The van der Waals surface area contributed by atoms with Gasteiger partial charge in [-0.2, -0.15) is 0 Å². The van der Waals surface area contributed by atoms with E-state index in [4.69, 9.17) is 9.47 Å². The molecule has 1 saturated carbocycles. The molecule has 0 radical (unpaired) electrons. The lowest BCUT2D eigenvalue weighted by molar-refractivity contribution is -0.164. The SMILES string of the molecule is CCC(=O)N1CCCC[C@@H]1C(=O)O[C@@H]1CCC[C@@H](OC)C1. The number of esters is 1. The largest absolute Gasteiger partial charge is 0.461 e. The van der Waals surface area contributed by atoms with E-state index in [0.29, 0.717) is 13.0 Å². The Balaban J connectivity index is 1.92. The van der Waals surface area contributed by atoms with Gasteiger partial charge in [0.05, 0.1) is 6.10 Å². The quantitative estimate of drug-likeness (QED) is 0.747. The van der Waals surface area contributed by atoms with E-state index in [1.807, 2.05) is 6.92 Å². The number of amides is 1. The number of nitrogens with zero attached hydrogens (tertiary/aromatic N) is 1. The summed E-state index contributed by atoms with van der Waals surface area (Å²) >= 11 is 0. The van der Waals surface area contributed by atoms with Crippen LogP contribution in [0.1, 0.15) is 58.3 Å². The zero-order valence-electron chi connectivity index (χ0n) is 13.2. The lowest BCUT2D eigenvalue weighted by Crippen LogP contribution is -2.49. The van der Waals surface area contributed by atoms with Crippen molar-refractivity contribution in [3.05, 3.63) is 0 Å². The minimum absolute atomic E-state index is 0.0510.